The number of amides is 1. The molecule has 0 aromatic heterocycles. The standard InChI is InChI=1S/C18H28N2O.ClH/c1-14(2)12-18(10-4-5-11-18)17(21)20-16-8-6-15(7-9-16)13-19-3;/h6-9,14,19H,4-5,10-13H2,1-3H3,(H,20,21);1H. The molecule has 2 rings (SSSR count). The molecule has 0 heterocycles. The molecule has 0 bridgehead atoms. The third kappa shape index (κ3) is 4.72. The van der Waals surface area contributed by atoms with Crippen molar-refractivity contribution in [2.24, 2.45) is 11.3 Å². The van der Waals surface area contributed by atoms with E-state index in [2.05, 4.69) is 36.6 Å². The van der Waals surface area contributed by atoms with Crippen LogP contribution in [0.3, 0.4) is 0 Å². The molecular formula is C18H29ClN2O. The monoisotopic (exact) mass is 324 g/mol. The Morgan fingerprint density at radius 1 is 1.18 bits per heavy atom. The predicted molar refractivity (Wildman–Crippen MR) is 95.4 cm³/mol. The number of carbonyl (C=O) groups excluding carboxylic acids is 1. The van der Waals surface area contributed by atoms with E-state index in [0.29, 0.717) is 5.92 Å². The molecule has 124 valence electrons. The van der Waals surface area contributed by atoms with Crippen LogP contribution in [-0.2, 0) is 11.3 Å². The van der Waals surface area contributed by atoms with Crippen molar-refractivity contribution in [2.75, 3.05) is 12.4 Å². The largest absolute Gasteiger partial charge is 0.326 e. The molecule has 1 fully saturated rings. The Morgan fingerprint density at radius 3 is 2.27 bits per heavy atom. The van der Waals surface area contributed by atoms with E-state index in [1.54, 1.807) is 0 Å². The lowest BCUT2D eigenvalue weighted by Crippen LogP contribution is -2.35. The van der Waals surface area contributed by atoms with Gasteiger partial charge in [-0.25, -0.2) is 0 Å². The molecule has 0 saturated heterocycles. The van der Waals surface area contributed by atoms with Crippen LogP contribution in [0.1, 0.15) is 51.5 Å². The first-order valence-electron chi connectivity index (χ1n) is 8.11. The summed E-state index contributed by atoms with van der Waals surface area (Å²) in [5.41, 5.74) is 2.00. The molecule has 22 heavy (non-hydrogen) atoms. The Balaban J connectivity index is 0.00000242. The first-order chi connectivity index (χ1) is 10.1. The molecule has 0 atom stereocenters. The zero-order valence-electron chi connectivity index (χ0n) is 13.9. The summed E-state index contributed by atoms with van der Waals surface area (Å²) >= 11 is 0. The lowest BCUT2D eigenvalue weighted by atomic mass is 9.77. The highest BCUT2D eigenvalue weighted by Crippen LogP contribution is 2.44. The van der Waals surface area contributed by atoms with Gasteiger partial charge in [0.2, 0.25) is 5.91 Å². The van der Waals surface area contributed by atoms with E-state index >= 15 is 0 Å². The first kappa shape index (κ1) is 19.0. The van der Waals surface area contributed by atoms with Crippen LogP contribution in [0, 0.1) is 11.3 Å². The highest BCUT2D eigenvalue weighted by atomic mass is 35.5. The Hall–Kier alpha value is -1.06. The highest BCUT2D eigenvalue weighted by Gasteiger charge is 2.41. The second kappa shape index (κ2) is 8.54. The normalized spacial score (nSPS) is 16.4. The SMILES string of the molecule is CNCc1ccc(NC(=O)C2(CC(C)C)CCCC2)cc1.Cl. The number of benzene rings is 1. The van der Waals surface area contributed by atoms with Crippen molar-refractivity contribution in [2.45, 2.75) is 52.5 Å². The molecule has 1 aromatic rings. The van der Waals surface area contributed by atoms with Gasteiger partial charge in [0.05, 0.1) is 0 Å². The number of nitrogens with one attached hydrogen (secondary N) is 2. The van der Waals surface area contributed by atoms with Crippen LogP contribution in [0.5, 0.6) is 0 Å². The Bertz CT molecular complexity index is 464. The molecule has 1 aliphatic rings. The number of rotatable bonds is 6. The van der Waals surface area contributed by atoms with Gasteiger partial charge >= 0.3 is 0 Å². The van der Waals surface area contributed by atoms with Crippen molar-refractivity contribution in [1.82, 2.24) is 5.32 Å². The summed E-state index contributed by atoms with van der Waals surface area (Å²) in [7, 11) is 1.94. The first-order valence-corrected chi connectivity index (χ1v) is 8.11. The van der Waals surface area contributed by atoms with Crippen molar-refractivity contribution in [1.29, 1.82) is 0 Å². The van der Waals surface area contributed by atoms with Crippen molar-refractivity contribution in [3.05, 3.63) is 29.8 Å². The quantitative estimate of drug-likeness (QED) is 0.815. The topological polar surface area (TPSA) is 41.1 Å². The van der Waals surface area contributed by atoms with Crippen LogP contribution in [0.25, 0.3) is 0 Å². The maximum absolute atomic E-state index is 12.8. The summed E-state index contributed by atoms with van der Waals surface area (Å²) in [6.45, 7) is 5.27. The number of hydrogen-bond donors (Lipinski definition) is 2. The van der Waals surface area contributed by atoms with Crippen LogP contribution in [0.4, 0.5) is 5.69 Å². The van der Waals surface area contributed by atoms with E-state index < -0.39 is 0 Å². The molecule has 0 radical (unpaired) electrons. The van der Waals surface area contributed by atoms with E-state index in [4.69, 9.17) is 0 Å². The van der Waals surface area contributed by atoms with Gasteiger partial charge in [-0.3, -0.25) is 4.79 Å². The average Bonchev–Trinajstić information content (AvgIpc) is 2.90. The van der Waals surface area contributed by atoms with Gasteiger partial charge in [-0.15, -0.1) is 12.4 Å². The highest BCUT2D eigenvalue weighted by molar-refractivity contribution is 5.95. The van der Waals surface area contributed by atoms with Crippen LogP contribution >= 0.6 is 12.4 Å². The number of anilines is 1. The van der Waals surface area contributed by atoms with E-state index in [-0.39, 0.29) is 23.7 Å². The van der Waals surface area contributed by atoms with E-state index in [1.807, 2.05) is 19.2 Å². The van der Waals surface area contributed by atoms with Crippen LogP contribution < -0.4 is 10.6 Å². The summed E-state index contributed by atoms with van der Waals surface area (Å²) in [5.74, 6) is 0.780. The van der Waals surface area contributed by atoms with Gasteiger partial charge in [0.25, 0.3) is 0 Å². The molecule has 3 nitrogen and oxygen atoms in total. The molecule has 0 unspecified atom stereocenters. The van der Waals surface area contributed by atoms with E-state index in [0.717, 1.165) is 31.5 Å². The fraction of sp³-hybridized carbons (Fsp3) is 0.611. The van der Waals surface area contributed by atoms with Gasteiger partial charge in [-0.2, -0.15) is 0 Å². The number of carbonyl (C=O) groups is 1. The van der Waals surface area contributed by atoms with Gasteiger partial charge in [-0.05, 0) is 49.9 Å². The smallest absolute Gasteiger partial charge is 0.230 e. The van der Waals surface area contributed by atoms with Crippen molar-refractivity contribution in [3.8, 4) is 0 Å². The fourth-order valence-corrected chi connectivity index (χ4v) is 3.53. The fourth-order valence-electron chi connectivity index (χ4n) is 3.53. The molecule has 1 amide bonds. The van der Waals surface area contributed by atoms with Crippen LogP contribution in [0.15, 0.2) is 24.3 Å². The summed E-state index contributed by atoms with van der Waals surface area (Å²) < 4.78 is 0. The average molecular weight is 325 g/mol. The molecule has 0 aliphatic heterocycles. The summed E-state index contributed by atoms with van der Waals surface area (Å²) in [6.07, 6.45) is 5.43. The Kier molecular flexibility index (Phi) is 7.37. The minimum Gasteiger partial charge on any atom is -0.326 e. The van der Waals surface area contributed by atoms with Gasteiger partial charge in [0, 0.05) is 17.6 Å². The van der Waals surface area contributed by atoms with Gasteiger partial charge < -0.3 is 10.6 Å². The summed E-state index contributed by atoms with van der Waals surface area (Å²) in [6, 6.07) is 8.14. The number of hydrogen-bond acceptors (Lipinski definition) is 2. The third-order valence-corrected chi connectivity index (χ3v) is 4.43. The lowest BCUT2D eigenvalue weighted by Gasteiger charge is -2.29. The zero-order valence-corrected chi connectivity index (χ0v) is 14.8. The summed E-state index contributed by atoms with van der Waals surface area (Å²) in [5, 5.41) is 6.27. The van der Waals surface area contributed by atoms with Crippen LogP contribution in [-0.4, -0.2) is 13.0 Å². The lowest BCUT2D eigenvalue weighted by molar-refractivity contribution is -0.126. The molecule has 4 heteroatoms. The second-order valence-electron chi connectivity index (χ2n) is 6.77. The van der Waals surface area contributed by atoms with Gasteiger partial charge in [0.15, 0.2) is 0 Å². The minimum atomic E-state index is -0.141. The third-order valence-electron chi connectivity index (χ3n) is 4.43. The van der Waals surface area contributed by atoms with E-state index in [1.165, 1.54) is 18.4 Å². The molecule has 1 aliphatic carbocycles. The molecule has 2 N–H and O–H groups in total. The van der Waals surface area contributed by atoms with Crippen molar-refractivity contribution >= 4 is 24.0 Å². The predicted octanol–water partition coefficient (Wildman–Crippen LogP) is 4.37. The van der Waals surface area contributed by atoms with Crippen molar-refractivity contribution < 1.29 is 4.79 Å². The Morgan fingerprint density at radius 2 is 1.77 bits per heavy atom. The van der Waals surface area contributed by atoms with Gasteiger partial charge in [0.1, 0.15) is 0 Å². The summed E-state index contributed by atoms with van der Waals surface area (Å²) in [4.78, 5) is 12.8. The molecular weight excluding hydrogens is 296 g/mol. The number of halogens is 1. The zero-order chi connectivity index (χ0) is 15.3. The molecule has 1 saturated carbocycles. The molecule has 0 spiro atoms. The maximum atomic E-state index is 12.8. The van der Waals surface area contributed by atoms with E-state index in [9.17, 15) is 4.79 Å². The molecule has 1 aromatic carbocycles. The van der Waals surface area contributed by atoms with Gasteiger partial charge in [-0.1, -0.05) is 38.8 Å². The Labute approximate surface area is 140 Å². The minimum absolute atomic E-state index is 0. The van der Waals surface area contributed by atoms with Crippen LogP contribution in [0.2, 0.25) is 0 Å². The van der Waals surface area contributed by atoms with Crippen molar-refractivity contribution in [3.63, 3.8) is 0 Å². The maximum Gasteiger partial charge on any atom is 0.230 e. The second-order valence-corrected chi connectivity index (χ2v) is 6.77.